The van der Waals surface area contributed by atoms with Crippen molar-refractivity contribution < 1.29 is 14.7 Å². The number of carbonyl (C=O) groups is 2. The first-order valence-electron chi connectivity index (χ1n) is 13.7. The van der Waals surface area contributed by atoms with Crippen molar-refractivity contribution in [3.63, 3.8) is 0 Å². The SMILES string of the molecule is CC(=O)NCCN(CCCCc1ccc2c(n1)NCCC2)CC[C@H](Cc1nn(C)c2ccccc12)C(=O)O. The number of carboxylic acid groups (broad SMARTS) is 1. The molecular formula is C29H40N6O3. The van der Waals surface area contributed by atoms with Crippen molar-refractivity contribution in [2.45, 2.75) is 51.9 Å². The molecule has 38 heavy (non-hydrogen) atoms. The Morgan fingerprint density at radius 3 is 2.82 bits per heavy atom. The molecule has 0 radical (unpaired) electrons. The molecule has 2 aromatic heterocycles. The normalized spacial score (nSPS) is 13.8. The van der Waals surface area contributed by atoms with E-state index in [1.807, 2.05) is 36.0 Å². The fourth-order valence-electron chi connectivity index (χ4n) is 5.20. The molecule has 1 aliphatic rings. The van der Waals surface area contributed by atoms with Gasteiger partial charge >= 0.3 is 5.97 Å². The van der Waals surface area contributed by atoms with Crippen LogP contribution >= 0.6 is 0 Å². The molecule has 0 fully saturated rings. The van der Waals surface area contributed by atoms with Gasteiger partial charge in [0, 0.05) is 51.1 Å². The lowest BCUT2D eigenvalue weighted by Gasteiger charge is -2.24. The number of para-hydroxylation sites is 1. The highest BCUT2D eigenvalue weighted by Crippen LogP contribution is 2.23. The lowest BCUT2D eigenvalue weighted by atomic mass is 9.97. The van der Waals surface area contributed by atoms with Crippen molar-refractivity contribution in [1.82, 2.24) is 25.0 Å². The van der Waals surface area contributed by atoms with Gasteiger partial charge in [-0.2, -0.15) is 5.10 Å². The van der Waals surface area contributed by atoms with Gasteiger partial charge in [0.05, 0.1) is 17.1 Å². The van der Waals surface area contributed by atoms with Crippen LogP contribution in [0, 0.1) is 5.92 Å². The maximum atomic E-state index is 12.2. The van der Waals surface area contributed by atoms with E-state index in [-0.39, 0.29) is 5.91 Å². The molecule has 1 atom stereocenters. The van der Waals surface area contributed by atoms with Crippen molar-refractivity contribution in [2.75, 3.05) is 38.0 Å². The van der Waals surface area contributed by atoms with Crippen LogP contribution in [0.5, 0.6) is 0 Å². The third kappa shape index (κ3) is 7.54. The highest BCUT2D eigenvalue weighted by atomic mass is 16.4. The van der Waals surface area contributed by atoms with E-state index in [1.165, 1.54) is 12.5 Å². The van der Waals surface area contributed by atoms with Crippen LogP contribution in [-0.4, -0.2) is 69.4 Å². The Morgan fingerprint density at radius 2 is 2.00 bits per heavy atom. The number of anilines is 1. The van der Waals surface area contributed by atoms with Gasteiger partial charge in [-0.05, 0) is 69.3 Å². The Hall–Kier alpha value is -3.46. The standard InChI is InChI=1S/C29H40N6O3/c1-21(36)30-16-19-35(17-6-5-9-24-13-12-22-8-7-15-31-28(22)32-24)18-14-23(29(37)38)20-26-25-10-3-4-11-27(25)34(2)33-26/h3-4,10-13,23H,5-9,14-20H2,1-2H3,(H,30,36)(H,31,32)(H,37,38)/t23-/m1/s1. The van der Waals surface area contributed by atoms with E-state index in [9.17, 15) is 14.7 Å². The molecule has 204 valence electrons. The van der Waals surface area contributed by atoms with Crippen LogP contribution in [0.3, 0.4) is 0 Å². The highest BCUT2D eigenvalue weighted by Gasteiger charge is 2.22. The fraction of sp³-hybridized carbons (Fsp3) is 0.517. The summed E-state index contributed by atoms with van der Waals surface area (Å²) in [7, 11) is 1.89. The van der Waals surface area contributed by atoms with Crippen molar-refractivity contribution in [2.24, 2.45) is 13.0 Å². The fourth-order valence-corrected chi connectivity index (χ4v) is 5.20. The van der Waals surface area contributed by atoms with Crippen LogP contribution in [0.2, 0.25) is 0 Å². The zero-order valence-corrected chi connectivity index (χ0v) is 22.6. The Morgan fingerprint density at radius 1 is 1.16 bits per heavy atom. The summed E-state index contributed by atoms with van der Waals surface area (Å²) in [5, 5.41) is 21.9. The number of fused-ring (bicyclic) bond motifs is 2. The summed E-state index contributed by atoms with van der Waals surface area (Å²) in [6.07, 6.45) is 6.07. The molecule has 0 unspecified atom stereocenters. The average Bonchev–Trinajstić information content (AvgIpc) is 3.23. The smallest absolute Gasteiger partial charge is 0.306 e. The van der Waals surface area contributed by atoms with Gasteiger partial charge in [0.25, 0.3) is 0 Å². The monoisotopic (exact) mass is 520 g/mol. The molecule has 3 heterocycles. The van der Waals surface area contributed by atoms with Gasteiger partial charge < -0.3 is 20.6 Å². The third-order valence-electron chi connectivity index (χ3n) is 7.33. The second-order valence-corrected chi connectivity index (χ2v) is 10.2. The lowest BCUT2D eigenvalue weighted by Crippen LogP contribution is -2.36. The second-order valence-electron chi connectivity index (χ2n) is 10.2. The van der Waals surface area contributed by atoms with Gasteiger partial charge in [-0.3, -0.25) is 14.3 Å². The van der Waals surface area contributed by atoms with Gasteiger partial charge in [-0.1, -0.05) is 24.3 Å². The minimum absolute atomic E-state index is 0.0533. The van der Waals surface area contributed by atoms with Gasteiger partial charge in [-0.15, -0.1) is 0 Å². The van der Waals surface area contributed by atoms with Crippen LogP contribution in [-0.2, 0) is 35.9 Å². The molecule has 0 bridgehead atoms. The molecule has 1 aliphatic heterocycles. The Kier molecular flexibility index (Phi) is 9.70. The zero-order valence-electron chi connectivity index (χ0n) is 22.6. The molecule has 0 saturated carbocycles. The molecule has 9 nitrogen and oxygen atoms in total. The highest BCUT2D eigenvalue weighted by molar-refractivity contribution is 5.82. The number of unbranched alkanes of at least 4 members (excludes halogenated alkanes) is 1. The van der Waals surface area contributed by atoms with Gasteiger partial charge in [-0.25, -0.2) is 4.98 Å². The zero-order chi connectivity index (χ0) is 26.9. The number of carboxylic acids is 1. The third-order valence-corrected chi connectivity index (χ3v) is 7.33. The average molecular weight is 521 g/mol. The van der Waals surface area contributed by atoms with E-state index >= 15 is 0 Å². The van der Waals surface area contributed by atoms with E-state index in [4.69, 9.17) is 4.98 Å². The van der Waals surface area contributed by atoms with Crippen LogP contribution in [0.4, 0.5) is 5.82 Å². The quantitative estimate of drug-likeness (QED) is 0.279. The van der Waals surface area contributed by atoms with Crippen LogP contribution in [0.15, 0.2) is 36.4 Å². The van der Waals surface area contributed by atoms with E-state index in [0.717, 1.165) is 73.3 Å². The number of amides is 1. The van der Waals surface area contributed by atoms with Crippen LogP contribution < -0.4 is 10.6 Å². The largest absolute Gasteiger partial charge is 0.481 e. The number of nitrogens with zero attached hydrogens (tertiary/aromatic N) is 4. The molecule has 1 aromatic carbocycles. The predicted molar refractivity (Wildman–Crippen MR) is 149 cm³/mol. The number of rotatable bonds is 14. The molecule has 9 heteroatoms. The minimum atomic E-state index is -0.798. The maximum absolute atomic E-state index is 12.2. The first-order chi connectivity index (χ1) is 18.4. The first kappa shape index (κ1) is 27.6. The summed E-state index contributed by atoms with van der Waals surface area (Å²) < 4.78 is 1.82. The Bertz CT molecular complexity index is 1240. The summed E-state index contributed by atoms with van der Waals surface area (Å²) in [6.45, 7) is 5.25. The minimum Gasteiger partial charge on any atom is -0.481 e. The summed E-state index contributed by atoms with van der Waals surface area (Å²) in [6, 6.07) is 12.3. The molecule has 0 spiro atoms. The number of benzene rings is 1. The van der Waals surface area contributed by atoms with Gasteiger partial charge in [0.15, 0.2) is 0 Å². The van der Waals surface area contributed by atoms with Crippen molar-refractivity contribution in [3.05, 3.63) is 53.3 Å². The van der Waals surface area contributed by atoms with Crippen molar-refractivity contribution >= 4 is 28.6 Å². The molecular weight excluding hydrogens is 480 g/mol. The Balaban J connectivity index is 1.31. The molecule has 0 saturated heterocycles. The number of hydrogen-bond donors (Lipinski definition) is 3. The Labute approximate surface area is 224 Å². The number of pyridine rings is 1. The van der Waals surface area contributed by atoms with Crippen molar-refractivity contribution in [3.8, 4) is 0 Å². The van der Waals surface area contributed by atoms with Gasteiger partial charge in [0.1, 0.15) is 5.82 Å². The molecule has 4 rings (SSSR count). The summed E-state index contributed by atoms with van der Waals surface area (Å²) >= 11 is 0. The van der Waals surface area contributed by atoms with Crippen LogP contribution in [0.1, 0.15) is 49.6 Å². The molecule has 3 aromatic rings. The van der Waals surface area contributed by atoms with E-state index < -0.39 is 11.9 Å². The van der Waals surface area contributed by atoms with E-state index in [1.54, 1.807) is 0 Å². The topological polar surface area (TPSA) is 112 Å². The number of hydrogen-bond acceptors (Lipinski definition) is 6. The summed E-state index contributed by atoms with van der Waals surface area (Å²) in [5.74, 6) is -0.342. The maximum Gasteiger partial charge on any atom is 0.306 e. The predicted octanol–water partition coefficient (Wildman–Crippen LogP) is 3.42. The van der Waals surface area contributed by atoms with Crippen molar-refractivity contribution in [1.29, 1.82) is 0 Å². The van der Waals surface area contributed by atoms with E-state index in [2.05, 4.69) is 32.8 Å². The number of nitrogens with one attached hydrogen (secondary N) is 2. The molecule has 3 N–H and O–H groups in total. The van der Waals surface area contributed by atoms with E-state index in [0.29, 0.717) is 32.5 Å². The molecule has 0 aliphatic carbocycles. The second kappa shape index (κ2) is 13.4. The first-order valence-corrected chi connectivity index (χ1v) is 13.7. The number of aliphatic carboxylic acids is 1. The van der Waals surface area contributed by atoms with Crippen LogP contribution in [0.25, 0.3) is 10.9 Å². The number of aromatic nitrogens is 3. The number of carbonyl (C=O) groups excluding carboxylic acids is 1. The summed E-state index contributed by atoms with van der Waals surface area (Å²) in [4.78, 5) is 30.6. The lowest BCUT2D eigenvalue weighted by molar-refractivity contribution is -0.142. The van der Waals surface area contributed by atoms with Gasteiger partial charge in [0.2, 0.25) is 5.91 Å². The number of aryl methyl sites for hydroxylation is 3. The summed E-state index contributed by atoms with van der Waals surface area (Å²) in [5.41, 5.74) is 4.24. The molecule has 1 amide bonds.